The predicted molar refractivity (Wildman–Crippen MR) is 132 cm³/mol. The number of hydrogen-bond acceptors (Lipinski definition) is 6. The number of primary amides is 1. The molecule has 11 heteroatoms. The van der Waals surface area contributed by atoms with Crippen molar-refractivity contribution in [2.24, 2.45) is 17.6 Å². The molecule has 0 aromatic heterocycles. The second-order valence-corrected chi connectivity index (χ2v) is 11.9. The minimum Gasteiger partial charge on any atom is -0.493 e. The van der Waals surface area contributed by atoms with E-state index >= 15 is 0 Å². The molecule has 3 aliphatic rings. The van der Waals surface area contributed by atoms with Gasteiger partial charge in [-0.25, -0.2) is 9.65 Å². The average molecular weight is 525 g/mol. The second kappa shape index (κ2) is 11.2. The van der Waals surface area contributed by atoms with Crippen LogP contribution >= 0.6 is 7.75 Å². The molecule has 5 N–H and O–H groups in total. The van der Waals surface area contributed by atoms with Crippen LogP contribution in [-0.4, -0.2) is 53.3 Å². The Kier molecular flexibility index (Phi) is 8.42. The zero-order valence-electron chi connectivity index (χ0n) is 20.7. The highest BCUT2D eigenvalue weighted by Gasteiger charge is 2.51. The maximum atomic E-state index is 12.2. The smallest absolute Gasteiger partial charge is 0.403 e. The zero-order chi connectivity index (χ0) is 25.9. The largest absolute Gasteiger partial charge is 0.493 e. The quantitative estimate of drug-likeness (QED) is 0.238. The van der Waals surface area contributed by atoms with E-state index in [9.17, 15) is 19.0 Å². The van der Waals surface area contributed by atoms with Gasteiger partial charge in [0.1, 0.15) is 11.8 Å². The SMILES string of the molecule is C[C@]12CCC3c4ccc(OCCCOP(=O)(O)N[C@@H](CCC(N)=O)C(=O)O)cc4CCC3C1CCO2. The summed E-state index contributed by atoms with van der Waals surface area (Å²) in [6.07, 6.45) is 5.53. The van der Waals surface area contributed by atoms with E-state index in [1.165, 1.54) is 17.5 Å². The van der Waals surface area contributed by atoms with E-state index in [1.807, 2.05) is 6.07 Å². The molecule has 0 bridgehead atoms. The van der Waals surface area contributed by atoms with Gasteiger partial charge < -0.3 is 25.2 Å². The Bertz CT molecular complexity index is 1020. The fourth-order valence-electron chi connectivity index (χ4n) is 6.25. The summed E-state index contributed by atoms with van der Waals surface area (Å²) in [4.78, 5) is 32.0. The topological polar surface area (TPSA) is 157 Å². The first kappa shape index (κ1) is 27.1. The molecule has 1 saturated carbocycles. The molecule has 2 fully saturated rings. The molecule has 1 aliphatic heterocycles. The van der Waals surface area contributed by atoms with Gasteiger partial charge in [0.05, 0.1) is 18.8 Å². The fourth-order valence-corrected chi connectivity index (χ4v) is 7.34. The van der Waals surface area contributed by atoms with Crippen LogP contribution in [-0.2, 0) is 29.8 Å². The molecule has 1 heterocycles. The minimum atomic E-state index is -4.36. The van der Waals surface area contributed by atoms with Gasteiger partial charge in [-0.15, -0.1) is 0 Å². The highest BCUT2D eigenvalue weighted by atomic mass is 31.2. The number of ether oxygens (including phenoxy) is 2. The molecule has 1 saturated heterocycles. The lowest BCUT2D eigenvalue weighted by atomic mass is 9.59. The van der Waals surface area contributed by atoms with Crippen molar-refractivity contribution in [2.75, 3.05) is 19.8 Å². The molecule has 4 unspecified atom stereocenters. The summed E-state index contributed by atoms with van der Waals surface area (Å²) in [5.74, 6) is 0.615. The van der Waals surface area contributed by atoms with Crippen molar-refractivity contribution in [3.05, 3.63) is 29.3 Å². The second-order valence-electron chi connectivity index (χ2n) is 10.3. The lowest BCUT2D eigenvalue weighted by Gasteiger charge is -2.48. The Labute approximate surface area is 211 Å². The molecule has 200 valence electrons. The number of nitrogens with two attached hydrogens (primary N) is 1. The summed E-state index contributed by atoms with van der Waals surface area (Å²) in [5.41, 5.74) is 7.84. The Balaban J connectivity index is 1.23. The maximum Gasteiger partial charge on any atom is 0.403 e. The number of carbonyl (C=O) groups excluding carboxylic acids is 1. The molecule has 10 nitrogen and oxygen atoms in total. The standard InChI is InChI=1S/C25H37N2O8P/c1-25-11-9-19-18-6-4-17(15-16(18)3-5-20(19)21(25)10-14-34-25)33-12-2-13-35-36(31,32)27-22(24(29)30)7-8-23(26)28/h4,6,15,19-22H,2-3,5,7-14H2,1H3,(H2,26,28)(H,29,30)(H2,27,31,32)/t19?,20?,21?,22-,25-/m0/s1. The molecule has 0 spiro atoms. The lowest BCUT2D eigenvalue weighted by Crippen LogP contribution is -2.44. The highest BCUT2D eigenvalue weighted by Crippen LogP contribution is 2.55. The number of aryl methyl sites for hydroxylation is 1. The van der Waals surface area contributed by atoms with Gasteiger partial charge in [0, 0.05) is 19.4 Å². The van der Waals surface area contributed by atoms with Crippen molar-refractivity contribution >= 4 is 19.6 Å². The summed E-state index contributed by atoms with van der Waals surface area (Å²) in [7, 11) is -4.36. The third-order valence-electron chi connectivity index (χ3n) is 8.01. The third kappa shape index (κ3) is 6.29. The Morgan fingerprint density at radius 2 is 2.11 bits per heavy atom. The maximum absolute atomic E-state index is 12.2. The third-order valence-corrected chi connectivity index (χ3v) is 9.18. The van der Waals surface area contributed by atoms with Crippen LogP contribution in [0.1, 0.15) is 68.9 Å². The number of fused-ring (bicyclic) bond motifs is 5. The van der Waals surface area contributed by atoms with Gasteiger partial charge in [-0.2, -0.15) is 0 Å². The summed E-state index contributed by atoms with van der Waals surface area (Å²) in [6, 6.07) is 4.88. The first-order chi connectivity index (χ1) is 17.1. The molecule has 1 aromatic rings. The van der Waals surface area contributed by atoms with Crippen LogP contribution < -0.4 is 15.6 Å². The fraction of sp³-hybridized carbons (Fsp3) is 0.680. The predicted octanol–water partition coefficient (Wildman–Crippen LogP) is 3.12. The number of rotatable bonds is 12. The monoisotopic (exact) mass is 524 g/mol. The number of nitrogens with one attached hydrogen (secondary N) is 1. The number of aliphatic carboxylic acids is 1. The van der Waals surface area contributed by atoms with E-state index in [0.29, 0.717) is 24.2 Å². The number of carbonyl (C=O) groups is 2. The van der Waals surface area contributed by atoms with Gasteiger partial charge in [0.2, 0.25) is 5.91 Å². The molecular formula is C25H37N2O8P. The molecule has 0 radical (unpaired) electrons. The van der Waals surface area contributed by atoms with E-state index in [1.54, 1.807) is 0 Å². The van der Waals surface area contributed by atoms with Crippen LogP contribution in [0.5, 0.6) is 5.75 Å². The number of carboxylic acids is 1. The minimum absolute atomic E-state index is 0.0515. The lowest BCUT2D eigenvalue weighted by molar-refractivity contribution is -0.139. The van der Waals surface area contributed by atoms with Crippen LogP contribution in [0.2, 0.25) is 0 Å². The van der Waals surface area contributed by atoms with Crippen LogP contribution in [0, 0.1) is 11.8 Å². The average Bonchev–Trinajstić information content (AvgIpc) is 3.22. The van der Waals surface area contributed by atoms with Crippen molar-refractivity contribution in [2.45, 2.75) is 75.9 Å². The molecule has 1 amide bonds. The molecule has 4 rings (SSSR count). The Morgan fingerprint density at radius 3 is 2.86 bits per heavy atom. The van der Waals surface area contributed by atoms with E-state index in [0.717, 1.165) is 38.0 Å². The van der Waals surface area contributed by atoms with Crippen molar-refractivity contribution in [1.82, 2.24) is 5.09 Å². The molecule has 2 aliphatic carbocycles. The molecular weight excluding hydrogens is 487 g/mol. The number of amides is 1. The summed E-state index contributed by atoms with van der Waals surface area (Å²) in [5, 5.41) is 11.2. The van der Waals surface area contributed by atoms with Gasteiger partial charge in [-0.1, -0.05) is 6.07 Å². The summed E-state index contributed by atoms with van der Waals surface area (Å²) >= 11 is 0. The highest BCUT2D eigenvalue weighted by molar-refractivity contribution is 7.50. The van der Waals surface area contributed by atoms with Gasteiger partial charge in [0.15, 0.2) is 0 Å². The first-order valence-electron chi connectivity index (χ1n) is 12.7. The number of hydrogen-bond donors (Lipinski definition) is 4. The van der Waals surface area contributed by atoms with E-state index in [-0.39, 0.29) is 31.7 Å². The number of carboxylic acid groups (broad SMARTS) is 1. The van der Waals surface area contributed by atoms with Crippen LogP contribution in [0.15, 0.2) is 18.2 Å². The molecule has 6 atom stereocenters. The van der Waals surface area contributed by atoms with Crippen LogP contribution in [0.3, 0.4) is 0 Å². The van der Waals surface area contributed by atoms with E-state index < -0.39 is 25.7 Å². The van der Waals surface area contributed by atoms with Crippen molar-refractivity contribution in [3.8, 4) is 5.75 Å². The molecule has 36 heavy (non-hydrogen) atoms. The summed E-state index contributed by atoms with van der Waals surface area (Å²) in [6.45, 7) is 3.36. The zero-order valence-corrected chi connectivity index (χ0v) is 21.6. The summed E-state index contributed by atoms with van der Waals surface area (Å²) < 4.78 is 29.1. The van der Waals surface area contributed by atoms with Gasteiger partial charge >= 0.3 is 13.7 Å². The Morgan fingerprint density at radius 1 is 1.31 bits per heavy atom. The van der Waals surface area contributed by atoms with Gasteiger partial charge in [0.25, 0.3) is 0 Å². The van der Waals surface area contributed by atoms with Crippen molar-refractivity contribution < 1.29 is 38.2 Å². The van der Waals surface area contributed by atoms with E-state index in [4.69, 9.17) is 24.8 Å². The Hall–Kier alpha value is -1.97. The van der Waals surface area contributed by atoms with Gasteiger partial charge in [-0.3, -0.25) is 14.1 Å². The van der Waals surface area contributed by atoms with Crippen molar-refractivity contribution in [3.63, 3.8) is 0 Å². The van der Waals surface area contributed by atoms with Crippen molar-refractivity contribution in [1.29, 1.82) is 0 Å². The van der Waals surface area contributed by atoms with E-state index in [2.05, 4.69) is 24.1 Å². The van der Waals surface area contributed by atoms with Crippen LogP contribution in [0.25, 0.3) is 0 Å². The normalized spacial score (nSPS) is 29.3. The number of benzene rings is 1. The molecule has 1 aromatic carbocycles. The first-order valence-corrected chi connectivity index (χ1v) is 14.3. The van der Waals surface area contributed by atoms with Gasteiger partial charge in [-0.05, 0) is 86.5 Å². The van der Waals surface area contributed by atoms with Crippen LogP contribution in [0.4, 0.5) is 0 Å².